The van der Waals surface area contributed by atoms with Crippen molar-refractivity contribution in [3.05, 3.63) is 71.4 Å². The van der Waals surface area contributed by atoms with Gasteiger partial charge in [0, 0.05) is 28.7 Å². The molecule has 0 aliphatic heterocycles. The summed E-state index contributed by atoms with van der Waals surface area (Å²) in [6, 6.07) is 11.1. The van der Waals surface area contributed by atoms with Crippen molar-refractivity contribution in [1.82, 2.24) is 4.98 Å². The zero-order valence-corrected chi connectivity index (χ0v) is 13.4. The average molecular weight is 331 g/mol. The number of nitrogens with zero attached hydrogens (tertiary/aromatic N) is 1. The van der Waals surface area contributed by atoms with Crippen LogP contribution < -0.4 is 4.74 Å². The lowest BCUT2D eigenvalue weighted by Crippen LogP contribution is -1.93. The number of methoxy groups -OCH3 is 1. The molecule has 0 unspecified atom stereocenters. The number of aromatic nitrogens is 1. The Bertz CT molecular complexity index is 838. The molecule has 2 nitrogen and oxygen atoms in total. The van der Waals surface area contributed by atoms with Gasteiger partial charge in [-0.3, -0.25) is 4.98 Å². The van der Waals surface area contributed by atoms with Gasteiger partial charge in [-0.2, -0.15) is 11.8 Å². The monoisotopic (exact) mass is 331 g/mol. The van der Waals surface area contributed by atoms with Crippen LogP contribution in [0.5, 0.6) is 5.75 Å². The van der Waals surface area contributed by atoms with Crippen LogP contribution in [0.25, 0.3) is 10.9 Å². The maximum absolute atomic E-state index is 13.7. The van der Waals surface area contributed by atoms with Crippen LogP contribution >= 0.6 is 11.8 Å². The Kier molecular flexibility index (Phi) is 4.76. The highest BCUT2D eigenvalue weighted by Crippen LogP contribution is 2.28. The van der Waals surface area contributed by atoms with Crippen LogP contribution in [-0.2, 0) is 11.5 Å². The van der Waals surface area contributed by atoms with E-state index in [-0.39, 0.29) is 11.6 Å². The molecule has 0 aliphatic rings. The molecule has 0 fully saturated rings. The molecule has 0 saturated carbocycles. The van der Waals surface area contributed by atoms with Crippen molar-refractivity contribution in [1.29, 1.82) is 0 Å². The zero-order valence-electron chi connectivity index (χ0n) is 12.6. The van der Waals surface area contributed by atoms with Crippen LogP contribution in [-0.4, -0.2) is 12.1 Å². The van der Waals surface area contributed by atoms with E-state index < -0.39 is 0 Å². The van der Waals surface area contributed by atoms with Crippen LogP contribution in [0, 0.1) is 11.6 Å². The smallest absolute Gasteiger partial charge is 0.124 e. The van der Waals surface area contributed by atoms with Gasteiger partial charge in [0.05, 0.1) is 12.6 Å². The lowest BCUT2D eigenvalue weighted by atomic mass is 10.1. The van der Waals surface area contributed by atoms with E-state index in [1.54, 1.807) is 37.2 Å². The molecule has 3 rings (SSSR count). The third kappa shape index (κ3) is 3.62. The van der Waals surface area contributed by atoms with Crippen molar-refractivity contribution in [3.8, 4) is 5.75 Å². The highest BCUT2D eigenvalue weighted by molar-refractivity contribution is 7.97. The molecule has 1 aromatic heterocycles. The summed E-state index contributed by atoms with van der Waals surface area (Å²) < 4.78 is 32.3. The van der Waals surface area contributed by atoms with Gasteiger partial charge in [-0.05, 0) is 42.0 Å². The first-order valence-corrected chi connectivity index (χ1v) is 8.26. The Balaban J connectivity index is 1.78. The van der Waals surface area contributed by atoms with Gasteiger partial charge in [-0.25, -0.2) is 8.78 Å². The second-order valence-electron chi connectivity index (χ2n) is 5.09. The van der Waals surface area contributed by atoms with Gasteiger partial charge in [0.1, 0.15) is 17.4 Å². The van der Waals surface area contributed by atoms with Crippen molar-refractivity contribution in [2.45, 2.75) is 11.5 Å². The molecule has 0 amide bonds. The summed E-state index contributed by atoms with van der Waals surface area (Å²) in [4.78, 5) is 4.33. The molecule has 3 aromatic rings. The Labute approximate surface area is 137 Å². The van der Waals surface area contributed by atoms with Gasteiger partial charge < -0.3 is 4.74 Å². The maximum Gasteiger partial charge on any atom is 0.124 e. The summed E-state index contributed by atoms with van der Waals surface area (Å²) in [5.74, 6) is 1.25. The largest absolute Gasteiger partial charge is 0.496 e. The van der Waals surface area contributed by atoms with Gasteiger partial charge >= 0.3 is 0 Å². The predicted octanol–water partition coefficient (Wildman–Crippen LogP) is 4.96. The summed E-state index contributed by atoms with van der Waals surface area (Å²) in [6.45, 7) is 0. The molecule has 118 valence electrons. The van der Waals surface area contributed by atoms with Crippen LogP contribution in [0.2, 0.25) is 0 Å². The van der Waals surface area contributed by atoms with Gasteiger partial charge in [0.2, 0.25) is 0 Å². The Hall–Kier alpha value is -2.14. The fraction of sp³-hybridized carbons (Fsp3) is 0.167. The Morgan fingerprint density at radius 3 is 2.61 bits per heavy atom. The lowest BCUT2D eigenvalue weighted by Gasteiger charge is -2.09. The fourth-order valence-electron chi connectivity index (χ4n) is 2.47. The molecular weight excluding hydrogens is 316 g/mol. The molecule has 5 heteroatoms. The molecule has 0 spiro atoms. The molecule has 0 atom stereocenters. The molecule has 2 aromatic carbocycles. The SMILES string of the molecule is COc1ccc(F)cc1CSCc1cc(F)cc2cccnc12. The maximum atomic E-state index is 13.7. The topological polar surface area (TPSA) is 22.1 Å². The first kappa shape index (κ1) is 15.7. The number of fused-ring (bicyclic) bond motifs is 1. The minimum absolute atomic E-state index is 0.274. The molecule has 0 N–H and O–H groups in total. The fourth-order valence-corrected chi connectivity index (χ4v) is 3.46. The molecule has 0 radical (unpaired) electrons. The van der Waals surface area contributed by atoms with E-state index in [1.807, 2.05) is 6.07 Å². The van der Waals surface area contributed by atoms with Crippen LogP contribution in [0.1, 0.15) is 11.1 Å². The number of hydrogen-bond donors (Lipinski definition) is 0. The summed E-state index contributed by atoms with van der Waals surface area (Å²) in [6.07, 6.45) is 1.70. The summed E-state index contributed by atoms with van der Waals surface area (Å²) in [5.41, 5.74) is 2.42. The van der Waals surface area contributed by atoms with E-state index in [1.165, 1.54) is 24.3 Å². The van der Waals surface area contributed by atoms with Crippen LogP contribution in [0.4, 0.5) is 8.78 Å². The molecule has 1 heterocycles. The molecule has 0 bridgehead atoms. The Morgan fingerprint density at radius 2 is 1.78 bits per heavy atom. The summed E-state index contributed by atoms with van der Waals surface area (Å²) in [7, 11) is 1.56. The van der Waals surface area contributed by atoms with Gasteiger partial charge in [0.25, 0.3) is 0 Å². The second kappa shape index (κ2) is 6.96. The number of halogens is 2. The van der Waals surface area contributed by atoms with Gasteiger partial charge in [-0.15, -0.1) is 0 Å². The third-order valence-electron chi connectivity index (χ3n) is 3.51. The second-order valence-corrected chi connectivity index (χ2v) is 6.07. The number of pyridine rings is 1. The van der Waals surface area contributed by atoms with E-state index in [9.17, 15) is 8.78 Å². The molecule has 23 heavy (non-hydrogen) atoms. The van der Waals surface area contributed by atoms with E-state index in [4.69, 9.17) is 4.74 Å². The first-order chi connectivity index (χ1) is 11.2. The number of ether oxygens (including phenoxy) is 1. The Morgan fingerprint density at radius 1 is 1.00 bits per heavy atom. The average Bonchev–Trinajstić information content (AvgIpc) is 2.55. The van der Waals surface area contributed by atoms with Crippen molar-refractivity contribution in [2.24, 2.45) is 0 Å². The quantitative estimate of drug-likeness (QED) is 0.660. The number of thioether (sulfide) groups is 1. The number of hydrogen-bond acceptors (Lipinski definition) is 3. The molecule has 0 saturated heterocycles. The van der Waals surface area contributed by atoms with Crippen LogP contribution in [0.15, 0.2) is 48.7 Å². The highest BCUT2D eigenvalue weighted by atomic mass is 32.2. The van der Waals surface area contributed by atoms with Crippen molar-refractivity contribution in [2.75, 3.05) is 7.11 Å². The first-order valence-electron chi connectivity index (χ1n) is 7.10. The van der Waals surface area contributed by atoms with Gasteiger partial charge in [-0.1, -0.05) is 6.07 Å². The number of benzene rings is 2. The minimum Gasteiger partial charge on any atom is -0.496 e. The summed E-state index contributed by atoms with van der Waals surface area (Å²) >= 11 is 1.57. The minimum atomic E-state index is -0.292. The lowest BCUT2D eigenvalue weighted by molar-refractivity contribution is 0.410. The van der Waals surface area contributed by atoms with Crippen molar-refractivity contribution >= 4 is 22.7 Å². The molecular formula is C18H15F2NOS. The van der Waals surface area contributed by atoms with Crippen molar-refractivity contribution in [3.63, 3.8) is 0 Å². The standard InChI is InChI=1S/C18H15F2NOS/c1-22-17-5-4-15(19)8-13(17)10-23-11-14-9-16(20)7-12-3-2-6-21-18(12)14/h2-9H,10-11H2,1H3. The van der Waals surface area contributed by atoms with E-state index in [0.717, 1.165) is 22.0 Å². The van der Waals surface area contributed by atoms with E-state index >= 15 is 0 Å². The zero-order chi connectivity index (χ0) is 16.2. The summed E-state index contributed by atoms with van der Waals surface area (Å²) in [5, 5.41) is 0.784. The van der Waals surface area contributed by atoms with Gasteiger partial charge in [0.15, 0.2) is 0 Å². The van der Waals surface area contributed by atoms with E-state index in [0.29, 0.717) is 17.3 Å². The van der Waals surface area contributed by atoms with E-state index in [2.05, 4.69) is 4.98 Å². The highest BCUT2D eigenvalue weighted by Gasteiger charge is 2.08. The van der Waals surface area contributed by atoms with Crippen LogP contribution in [0.3, 0.4) is 0 Å². The molecule has 0 aliphatic carbocycles. The normalized spacial score (nSPS) is 10.9. The van der Waals surface area contributed by atoms with Crippen molar-refractivity contribution < 1.29 is 13.5 Å². The predicted molar refractivity (Wildman–Crippen MR) is 89.7 cm³/mol. The number of rotatable bonds is 5. The third-order valence-corrected chi connectivity index (χ3v) is 4.54.